The lowest BCUT2D eigenvalue weighted by atomic mass is 10.2. The van der Waals surface area contributed by atoms with Crippen LogP contribution in [0.15, 0.2) is 53.7 Å². The minimum Gasteiger partial charge on any atom is -0.492 e. The van der Waals surface area contributed by atoms with E-state index in [0.717, 1.165) is 17.8 Å². The van der Waals surface area contributed by atoms with E-state index in [1.807, 2.05) is 61.2 Å². The second kappa shape index (κ2) is 8.02. The molecule has 0 N–H and O–H groups in total. The zero-order valence-corrected chi connectivity index (χ0v) is 16.6. The van der Waals surface area contributed by atoms with Crippen LogP contribution in [0.2, 0.25) is 0 Å². The number of tetrazole rings is 1. The van der Waals surface area contributed by atoms with Gasteiger partial charge in [-0.1, -0.05) is 42.1 Å². The zero-order valence-electron chi connectivity index (χ0n) is 15.8. The van der Waals surface area contributed by atoms with Gasteiger partial charge in [0, 0.05) is 12.2 Å². The highest BCUT2D eigenvalue weighted by molar-refractivity contribution is 8.00. The van der Waals surface area contributed by atoms with Gasteiger partial charge in [0.25, 0.3) is 0 Å². The molecule has 4 rings (SSSR count). The number of hydrogen-bond acceptors (Lipinski definition) is 6. The third-order valence-electron chi connectivity index (χ3n) is 4.62. The fourth-order valence-electron chi connectivity index (χ4n) is 3.31. The van der Waals surface area contributed by atoms with Crippen molar-refractivity contribution in [3.63, 3.8) is 0 Å². The molecule has 0 radical (unpaired) electrons. The molecule has 0 fully saturated rings. The summed E-state index contributed by atoms with van der Waals surface area (Å²) in [5.41, 5.74) is 2.97. The summed E-state index contributed by atoms with van der Waals surface area (Å²) >= 11 is 1.35. The number of aromatic nitrogens is 4. The molecule has 1 aliphatic rings. The largest absolute Gasteiger partial charge is 0.492 e. The Morgan fingerprint density at radius 3 is 2.75 bits per heavy atom. The molecule has 2 aromatic carbocycles. The summed E-state index contributed by atoms with van der Waals surface area (Å²) in [5, 5.41) is 12.3. The number of amides is 1. The maximum Gasteiger partial charge on any atom is 0.240 e. The topological polar surface area (TPSA) is 73.1 Å². The predicted molar refractivity (Wildman–Crippen MR) is 108 cm³/mol. The van der Waals surface area contributed by atoms with E-state index in [4.69, 9.17) is 4.74 Å². The number of rotatable bonds is 6. The Bertz CT molecular complexity index is 990. The Kier molecular flexibility index (Phi) is 5.29. The van der Waals surface area contributed by atoms with Crippen molar-refractivity contribution >= 4 is 23.4 Å². The molecule has 28 heavy (non-hydrogen) atoms. The summed E-state index contributed by atoms with van der Waals surface area (Å²) in [4.78, 5) is 14.9. The molecule has 1 amide bonds. The third-order valence-corrected chi connectivity index (χ3v) is 5.64. The molecule has 2 heterocycles. The molecule has 0 aliphatic carbocycles. The van der Waals surface area contributed by atoms with Gasteiger partial charge in [0.15, 0.2) is 0 Å². The van der Waals surface area contributed by atoms with Crippen LogP contribution in [-0.2, 0) is 11.2 Å². The lowest BCUT2D eigenvalue weighted by Gasteiger charge is -2.21. The standard InChI is InChI=1S/C20H21N5O2S/c1-3-27-18-11-7-6-10-17(18)25-20(21-22-23-25)28-14(2)19(26)24-13-12-15-8-4-5-9-16(15)24/h4-11,14H,3,12-13H2,1-2H3/t14-/m0/s1. The van der Waals surface area contributed by atoms with Crippen LogP contribution >= 0.6 is 11.8 Å². The normalized spacial score (nSPS) is 14.0. The van der Waals surface area contributed by atoms with E-state index < -0.39 is 0 Å². The Morgan fingerprint density at radius 1 is 1.18 bits per heavy atom. The fraction of sp³-hybridized carbons (Fsp3) is 0.300. The number of fused-ring (bicyclic) bond motifs is 1. The summed E-state index contributed by atoms with van der Waals surface area (Å²) in [6.07, 6.45) is 0.888. The van der Waals surface area contributed by atoms with Crippen molar-refractivity contribution in [2.45, 2.75) is 30.7 Å². The molecule has 3 aromatic rings. The van der Waals surface area contributed by atoms with Gasteiger partial charge in [-0.05, 0) is 54.5 Å². The van der Waals surface area contributed by atoms with E-state index in [2.05, 4.69) is 21.6 Å². The first-order chi connectivity index (χ1) is 13.7. The SMILES string of the molecule is CCOc1ccccc1-n1nnnc1S[C@@H](C)C(=O)N1CCc2ccccc21. The Hall–Kier alpha value is -2.87. The maximum atomic E-state index is 13.1. The van der Waals surface area contributed by atoms with Gasteiger partial charge in [-0.15, -0.1) is 5.10 Å². The lowest BCUT2D eigenvalue weighted by molar-refractivity contribution is -0.117. The van der Waals surface area contributed by atoms with E-state index in [-0.39, 0.29) is 11.2 Å². The van der Waals surface area contributed by atoms with Crippen LogP contribution < -0.4 is 9.64 Å². The maximum absolute atomic E-state index is 13.1. The summed E-state index contributed by atoms with van der Waals surface area (Å²) < 4.78 is 7.31. The summed E-state index contributed by atoms with van der Waals surface area (Å²) in [6.45, 7) is 5.08. The summed E-state index contributed by atoms with van der Waals surface area (Å²) in [6, 6.07) is 15.6. The molecule has 144 valence electrons. The van der Waals surface area contributed by atoms with Crippen molar-refractivity contribution < 1.29 is 9.53 Å². The average molecular weight is 395 g/mol. The Balaban J connectivity index is 1.55. The van der Waals surface area contributed by atoms with Gasteiger partial charge in [-0.2, -0.15) is 4.68 Å². The van der Waals surface area contributed by atoms with Gasteiger partial charge in [0.05, 0.1) is 11.9 Å². The number of thioether (sulfide) groups is 1. The molecular formula is C20H21N5O2S. The summed E-state index contributed by atoms with van der Waals surface area (Å²) in [5.74, 6) is 0.759. The second-order valence-corrected chi connectivity index (χ2v) is 7.71. The Labute approximate surface area is 167 Å². The van der Waals surface area contributed by atoms with Gasteiger partial charge in [-0.25, -0.2) is 0 Å². The van der Waals surface area contributed by atoms with Gasteiger partial charge >= 0.3 is 0 Å². The second-order valence-electron chi connectivity index (χ2n) is 6.40. The van der Waals surface area contributed by atoms with Crippen LogP contribution in [-0.4, -0.2) is 44.5 Å². The van der Waals surface area contributed by atoms with Crippen LogP contribution in [0.3, 0.4) is 0 Å². The molecular weight excluding hydrogens is 374 g/mol. The van der Waals surface area contributed by atoms with E-state index in [1.165, 1.54) is 17.3 Å². The smallest absolute Gasteiger partial charge is 0.240 e. The molecule has 8 heteroatoms. The zero-order chi connectivity index (χ0) is 19.5. The van der Waals surface area contributed by atoms with Crippen LogP contribution in [0.4, 0.5) is 5.69 Å². The molecule has 0 unspecified atom stereocenters. The third kappa shape index (κ3) is 3.47. The molecule has 1 aromatic heterocycles. The fourth-order valence-corrected chi connectivity index (χ4v) is 4.17. The quantitative estimate of drug-likeness (QED) is 0.597. The van der Waals surface area contributed by atoms with Crippen molar-refractivity contribution in [1.29, 1.82) is 0 Å². The van der Waals surface area contributed by atoms with Gasteiger partial charge in [-0.3, -0.25) is 4.79 Å². The number of para-hydroxylation sites is 3. The highest BCUT2D eigenvalue weighted by atomic mass is 32.2. The number of carbonyl (C=O) groups excluding carboxylic acids is 1. The van der Waals surface area contributed by atoms with Crippen LogP contribution in [0.5, 0.6) is 5.75 Å². The van der Waals surface area contributed by atoms with Crippen LogP contribution in [0, 0.1) is 0 Å². The number of anilines is 1. The number of benzene rings is 2. The van der Waals surface area contributed by atoms with Crippen molar-refractivity contribution in [2.24, 2.45) is 0 Å². The van der Waals surface area contributed by atoms with Crippen LogP contribution in [0.25, 0.3) is 5.69 Å². The molecule has 0 bridgehead atoms. The molecule has 1 atom stereocenters. The number of carbonyl (C=O) groups is 1. The molecule has 0 saturated carbocycles. The number of ether oxygens (including phenoxy) is 1. The van der Waals surface area contributed by atoms with E-state index >= 15 is 0 Å². The first-order valence-electron chi connectivity index (χ1n) is 9.25. The first kappa shape index (κ1) is 18.5. The van der Waals surface area contributed by atoms with Crippen molar-refractivity contribution in [3.8, 4) is 11.4 Å². The van der Waals surface area contributed by atoms with Gasteiger partial charge in [0.2, 0.25) is 11.1 Å². The van der Waals surface area contributed by atoms with E-state index in [9.17, 15) is 4.79 Å². The van der Waals surface area contributed by atoms with Crippen molar-refractivity contribution in [3.05, 3.63) is 54.1 Å². The predicted octanol–water partition coefficient (Wildman–Crippen LogP) is 3.13. The highest BCUT2D eigenvalue weighted by Crippen LogP contribution is 2.32. The van der Waals surface area contributed by atoms with E-state index in [1.54, 1.807) is 4.68 Å². The van der Waals surface area contributed by atoms with Gasteiger partial charge in [0.1, 0.15) is 11.4 Å². The van der Waals surface area contributed by atoms with Gasteiger partial charge < -0.3 is 9.64 Å². The van der Waals surface area contributed by atoms with Crippen molar-refractivity contribution in [1.82, 2.24) is 20.2 Å². The Morgan fingerprint density at radius 2 is 1.93 bits per heavy atom. The van der Waals surface area contributed by atoms with Crippen molar-refractivity contribution in [2.75, 3.05) is 18.1 Å². The minimum absolute atomic E-state index is 0.0580. The number of nitrogens with zero attached hydrogens (tertiary/aromatic N) is 5. The average Bonchev–Trinajstić information content (AvgIpc) is 3.35. The number of hydrogen-bond donors (Lipinski definition) is 0. The highest BCUT2D eigenvalue weighted by Gasteiger charge is 2.29. The first-order valence-corrected chi connectivity index (χ1v) is 10.1. The molecule has 0 spiro atoms. The molecule has 7 nitrogen and oxygen atoms in total. The molecule has 0 saturated heterocycles. The lowest BCUT2D eigenvalue weighted by Crippen LogP contribution is -2.35. The summed E-state index contributed by atoms with van der Waals surface area (Å²) in [7, 11) is 0. The molecule has 1 aliphatic heterocycles. The van der Waals surface area contributed by atoms with E-state index in [0.29, 0.717) is 24.1 Å². The minimum atomic E-state index is -0.324. The monoisotopic (exact) mass is 395 g/mol. The van der Waals surface area contributed by atoms with Crippen LogP contribution in [0.1, 0.15) is 19.4 Å².